The van der Waals surface area contributed by atoms with Crippen molar-refractivity contribution in [3.8, 4) is 0 Å². The van der Waals surface area contributed by atoms with E-state index in [2.05, 4.69) is 5.32 Å². The van der Waals surface area contributed by atoms with Crippen LogP contribution in [0.15, 0.2) is 77.7 Å². The van der Waals surface area contributed by atoms with E-state index in [0.717, 1.165) is 16.3 Å². The first-order valence-corrected chi connectivity index (χ1v) is 11.7. The average Bonchev–Trinajstić information content (AvgIpc) is 2.79. The molecule has 4 rings (SSSR count). The van der Waals surface area contributed by atoms with Crippen molar-refractivity contribution in [1.82, 2.24) is 9.62 Å². The SMILES string of the molecule is C[C@H](NC(=O)C1CCN(S(=O)(=O)c2ccc3ccccc3c2)CC1)c1ccccc1. The minimum Gasteiger partial charge on any atom is -0.349 e. The van der Waals surface area contributed by atoms with Crippen molar-refractivity contribution in [2.75, 3.05) is 13.1 Å². The molecule has 1 saturated heterocycles. The van der Waals surface area contributed by atoms with Gasteiger partial charge in [-0.1, -0.05) is 60.7 Å². The highest BCUT2D eigenvalue weighted by atomic mass is 32.2. The number of nitrogens with one attached hydrogen (secondary N) is 1. The molecule has 1 amide bonds. The molecule has 0 bridgehead atoms. The summed E-state index contributed by atoms with van der Waals surface area (Å²) in [7, 11) is -3.57. The first-order chi connectivity index (χ1) is 14.4. The van der Waals surface area contributed by atoms with Crippen LogP contribution in [0.5, 0.6) is 0 Å². The summed E-state index contributed by atoms with van der Waals surface area (Å²) in [4.78, 5) is 13.0. The molecular formula is C24H26N2O3S. The number of sulfonamides is 1. The lowest BCUT2D eigenvalue weighted by molar-refractivity contribution is -0.126. The van der Waals surface area contributed by atoms with E-state index < -0.39 is 10.0 Å². The van der Waals surface area contributed by atoms with Gasteiger partial charge in [0.2, 0.25) is 15.9 Å². The number of benzene rings is 3. The van der Waals surface area contributed by atoms with Gasteiger partial charge in [-0.15, -0.1) is 0 Å². The lowest BCUT2D eigenvalue weighted by Crippen LogP contribution is -2.43. The molecule has 1 aliphatic rings. The van der Waals surface area contributed by atoms with Crippen LogP contribution in [0.25, 0.3) is 10.8 Å². The molecule has 3 aromatic carbocycles. The summed E-state index contributed by atoms with van der Waals surface area (Å²) in [5.41, 5.74) is 1.06. The summed E-state index contributed by atoms with van der Waals surface area (Å²) < 4.78 is 27.7. The average molecular weight is 423 g/mol. The van der Waals surface area contributed by atoms with Crippen molar-refractivity contribution in [3.63, 3.8) is 0 Å². The Bertz CT molecular complexity index is 1140. The molecule has 0 radical (unpaired) electrons. The molecular weight excluding hydrogens is 396 g/mol. The first-order valence-electron chi connectivity index (χ1n) is 10.3. The van der Waals surface area contributed by atoms with E-state index in [1.165, 1.54) is 4.31 Å². The quantitative estimate of drug-likeness (QED) is 0.673. The molecule has 0 spiro atoms. The molecule has 5 nitrogen and oxygen atoms in total. The Morgan fingerprint density at radius 2 is 1.57 bits per heavy atom. The van der Waals surface area contributed by atoms with Gasteiger partial charge in [0.25, 0.3) is 0 Å². The molecule has 0 saturated carbocycles. The van der Waals surface area contributed by atoms with E-state index in [4.69, 9.17) is 0 Å². The summed E-state index contributed by atoms with van der Waals surface area (Å²) in [6.07, 6.45) is 1.06. The zero-order valence-electron chi connectivity index (χ0n) is 17.0. The molecule has 156 valence electrons. The second kappa shape index (κ2) is 8.58. The molecule has 1 fully saturated rings. The molecule has 1 N–H and O–H groups in total. The minimum absolute atomic E-state index is 0.00546. The second-order valence-electron chi connectivity index (χ2n) is 7.83. The van der Waals surface area contributed by atoms with Crippen LogP contribution in [0.2, 0.25) is 0 Å². The monoisotopic (exact) mass is 422 g/mol. The third-order valence-corrected chi connectivity index (χ3v) is 7.74. The Labute approximate surface area is 177 Å². The Balaban J connectivity index is 1.40. The number of nitrogens with zero attached hydrogens (tertiary/aromatic N) is 1. The van der Waals surface area contributed by atoms with Gasteiger partial charge in [0.1, 0.15) is 0 Å². The van der Waals surface area contributed by atoms with Crippen LogP contribution in [-0.2, 0) is 14.8 Å². The number of amides is 1. The summed E-state index contributed by atoms with van der Waals surface area (Å²) >= 11 is 0. The lowest BCUT2D eigenvalue weighted by atomic mass is 9.96. The Morgan fingerprint density at radius 1 is 0.933 bits per heavy atom. The van der Waals surface area contributed by atoms with Crippen molar-refractivity contribution >= 4 is 26.7 Å². The van der Waals surface area contributed by atoms with E-state index in [0.29, 0.717) is 30.8 Å². The van der Waals surface area contributed by atoms with E-state index in [9.17, 15) is 13.2 Å². The van der Waals surface area contributed by atoms with Gasteiger partial charge in [-0.3, -0.25) is 4.79 Å². The van der Waals surface area contributed by atoms with Gasteiger partial charge in [0.05, 0.1) is 10.9 Å². The smallest absolute Gasteiger partial charge is 0.243 e. The molecule has 1 heterocycles. The van der Waals surface area contributed by atoms with Gasteiger partial charge in [0.15, 0.2) is 0 Å². The summed E-state index contributed by atoms with van der Waals surface area (Å²) in [6, 6.07) is 22.7. The highest BCUT2D eigenvalue weighted by Crippen LogP contribution is 2.27. The zero-order valence-corrected chi connectivity index (χ0v) is 17.8. The molecule has 1 aliphatic heterocycles. The first kappa shape index (κ1) is 20.6. The lowest BCUT2D eigenvalue weighted by Gasteiger charge is -2.31. The number of hydrogen-bond donors (Lipinski definition) is 1. The Morgan fingerprint density at radius 3 is 2.27 bits per heavy atom. The number of piperidine rings is 1. The zero-order chi connectivity index (χ0) is 21.1. The topological polar surface area (TPSA) is 66.5 Å². The maximum Gasteiger partial charge on any atom is 0.243 e. The van der Waals surface area contributed by atoms with Crippen molar-refractivity contribution in [2.45, 2.75) is 30.7 Å². The molecule has 1 atom stereocenters. The van der Waals surface area contributed by atoms with Gasteiger partial charge in [-0.25, -0.2) is 8.42 Å². The largest absolute Gasteiger partial charge is 0.349 e. The fourth-order valence-corrected chi connectivity index (χ4v) is 5.50. The molecule has 30 heavy (non-hydrogen) atoms. The van der Waals surface area contributed by atoms with E-state index in [-0.39, 0.29) is 17.9 Å². The third-order valence-electron chi connectivity index (χ3n) is 5.84. The highest BCUT2D eigenvalue weighted by Gasteiger charge is 2.32. The number of rotatable bonds is 5. The fraction of sp³-hybridized carbons (Fsp3) is 0.292. The predicted molar refractivity (Wildman–Crippen MR) is 118 cm³/mol. The summed E-state index contributed by atoms with van der Waals surface area (Å²) in [6.45, 7) is 2.67. The number of carbonyl (C=O) groups excluding carboxylic acids is 1. The second-order valence-corrected chi connectivity index (χ2v) is 9.77. The van der Waals surface area contributed by atoms with Crippen molar-refractivity contribution in [3.05, 3.63) is 78.4 Å². The van der Waals surface area contributed by atoms with Crippen molar-refractivity contribution < 1.29 is 13.2 Å². The van der Waals surface area contributed by atoms with Crippen LogP contribution < -0.4 is 5.32 Å². The van der Waals surface area contributed by atoms with Gasteiger partial charge < -0.3 is 5.32 Å². The molecule has 3 aromatic rings. The molecule has 0 unspecified atom stereocenters. The fourth-order valence-electron chi connectivity index (χ4n) is 3.99. The third kappa shape index (κ3) is 4.25. The standard InChI is InChI=1S/C24H26N2O3S/c1-18(19-7-3-2-4-8-19)25-24(27)21-13-15-26(16-14-21)30(28,29)23-12-11-20-9-5-6-10-22(20)17-23/h2-12,17-18,21H,13-16H2,1H3,(H,25,27)/t18-/m0/s1. The van der Waals surface area contributed by atoms with Crippen molar-refractivity contribution in [2.24, 2.45) is 5.92 Å². The van der Waals surface area contributed by atoms with Crippen LogP contribution >= 0.6 is 0 Å². The molecule has 0 aromatic heterocycles. The van der Waals surface area contributed by atoms with E-state index >= 15 is 0 Å². The molecule has 6 heteroatoms. The van der Waals surface area contributed by atoms with Crippen LogP contribution in [0.3, 0.4) is 0 Å². The van der Waals surface area contributed by atoms with Crippen LogP contribution in [-0.4, -0.2) is 31.7 Å². The van der Waals surface area contributed by atoms with Crippen LogP contribution in [0.1, 0.15) is 31.4 Å². The van der Waals surface area contributed by atoms with Gasteiger partial charge in [-0.05, 0) is 48.2 Å². The van der Waals surface area contributed by atoms with Gasteiger partial charge in [-0.2, -0.15) is 4.31 Å². The van der Waals surface area contributed by atoms with Gasteiger partial charge in [0, 0.05) is 19.0 Å². The van der Waals surface area contributed by atoms with Crippen LogP contribution in [0, 0.1) is 5.92 Å². The number of carbonyl (C=O) groups is 1. The van der Waals surface area contributed by atoms with Crippen LogP contribution in [0.4, 0.5) is 0 Å². The van der Waals surface area contributed by atoms with E-state index in [1.807, 2.05) is 67.6 Å². The minimum atomic E-state index is -3.57. The van der Waals surface area contributed by atoms with Gasteiger partial charge >= 0.3 is 0 Å². The highest BCUT2D eigenvalue weighted by molar-refractivity contribution is 7.89. The van der Waals surface area contributed by atoms with E-state index in [1.54, 1.807) is 12.1 Å². The Kier molecular flexibility index (Phi) is 5.88. The summed E-state index contributed by atoms with van der Waals surface area (Å²) in [5.74, 6) is -0.173. The number of hydrogen-bond acceptors (Lipinski definition) is 3. The maximum atomic E-state index is 13.1. The summed E-state index contributed by atoms with van der Waals surface area (Å²) in [5, 5.41) is 4.98. The predicted octanol–water partition coefficient (Wildman–Crippen LogP) is 4.12. The van der Waals surface area contributed by atoms with Crippen molar-refractivity contribution in [1.29, 1.82) is 0 Å². The molecule has 0 aliphatic carbocycles. The Hall–Kier alpha value is -2.70. The number of fused-ring (bicyclic) bond motifs is 1. The normalized spacial score (nSPS) is 17.0. The maximum absolute atomic E-state index is 13.1.